The van der Waals surface area contributed by atoms with Gasteiger partial charge in [0.1, 0.15) is 5.82 Å². The first kappa shape index (κ1) is 15.8. The van der Waals surface area contributed by atoms with Gasteiger partial charge in [-0.15, -0.1) is 0 Å². The second-order valence-corrected chi connectivity index (χ2v) is 5.82. The highest BCUT2D eigenvalue weighted by molar-refractivity contribution is 5.79. The molecule has 1 amide bonds. The number of hydrogen-bond acceptors (Lipinski definition) is 4. The highest BCUT2D eigenvalue weighted by Crippen LogP contribution is 2.31. The van der Waals surface area contributed by atoms with E-state index in [0.717, 1.165) is 37.4 Å². The van der Waals surface area contributed by atoms with Crippen molar-refractivity contribution in [2.45, 2.75) is 52.1 Å². The molecule has 6 nitrogen and oxygen atoms in total. The maximum atomic E-state index is 11.5. The fourth-order valence-electron chi connectivity index (χ4n) is 3.27. The summed E-state index contributed by atoms with van der Waals surface area (Å²) in [7, 11) is 1.95. The molecule has 3 N–H and O–H groups in total. The molecular formula is C15H27N5O. The Morgan fingerprint density at radius 1 is 1.48 bits per heavy atom. The average Bonchev–Trinajstić information content (AvgIpc) is 3.02. The van der Waals surface area contributed by atoms with Gasteiger partial charge < -0.3 is 16.0 Å². The number of carbonyl (C=O) groups excluding carboxylic acids is 1. The zero-order valence-electron chi connectivity index (χ0n) is 13.4. The number of nitrogens with one attached hydrogen (secondary N) is 1. The third-order valence-corrected chi connectivity index (χ3v) is 4.23. The molecule has 1 aliphatic rings. The van der Waals surface area contributed by atoms with Crippen molar-refractivity contribution < 1.29 is 4.79 Å². The number of nitrogens with zero attached hydrogens (tertiary/aromatic N) is 3. The van der Waals surface area contributed by atoms with E-state index in [-0.39, 0.29) is 12.5 Å². The van der Waals surface area contributed by atoms with Gasteiger partial charge in [-0.2, -0.15) is 5.10 Å². The van der Waals surface area contributed by atoms with E-state index in [9.17, 15) is 4.79 Å². The summed E-state index contributed by atoms with van der Waals surface area (Å²) in [6, 6.07) is 0.396. The Balaban J connectivity index is 2.35. The molecule has 1 fully saturated rings. The third-order valence-electron chi connectivity index (χ3n) is 4.23. The minimum atomic E-state index is -0.282. The van der Waals surface area contributed by atoms with Crippen molar-refractivity contribution in [3.8, 4) is 0 Å². The van der Waals surface area contributed by atoms with Crippen LogP contribution < -0.4 is 16.0 Å². The predicted octanol–water partition coefficient (Wildman–Crippen LogP) is 1.07. The van der Waals surface area contributed by atoms with Crippen LogP contribution in [0.25, 0.3) is 0 Å². The fraction of sp³-hybridized carbons (Fsp3) is 0.733. The lowest BCUT2D eigenvalue weighted by Crippen LogP contribution is -2.42. The molecule has 0 saturated heterocycles. The van der Waals surface area contributed by atoms with Crippen LogP contribution in [-0.4, -0.2) is 34.8 Å². The van der Waals surface area contributed by atoms with Crippen LogP contribution in [0.2, 0.25) is 0 Å². The van der Waals surface area contributed by atoms with Crippen molar-refractivity contribution in [2.24, 2.45) is 12.8 Å². The smallest absolute Gasteiger partial charge is 0.237 e. The standard InChI is InChI=1S/C15H27N5O/c1-4-17-9-13-11(2)18-19(3)15(13)20(10-14(16)21)12-7-5-6-8-12/h12,17H,4-10H2,1-3H3,(H2,16,21). The van der Waals surface area contributed by atoms with E-state index >= 15 is 0 Å². The van der Waals surface area contributed by atoms with Crippen molar-refractivity contribution in [3.05, 3.63) is 11.3 Å². The summed E-state index contributed by atoms with van der Waals surface area (Å²) in [5, 5.41) is 7.91. The number of rotatable bonds is 7. The minimum absolute atomic E-state index is 0.267. The number of aryl methyl sites for hydroxylation is 2. The maximum absolute atomic E-state index is 11.5. The molecule has 0 atom stereocenters. The Labute approximate surface area is 126 Å². The van der Waals surface area contributed by atoms with Gasteiger partial charge in [-0.25, -0.2) is 0 Å². The van der Waals surface area contributed by atoms with Crippen LogP contribution in [0.4, 0.5) is 5.82 Å². The van der Waals surface area contributed by atoms with Gasteiger partial charge >= 0.3 is 0 Å². The first-order chi connectivity index (χ1) is 10.0. The van der Waals surface area contributed by atoms with E-state index in [1.54, 1.807) is 0 Å². The Hall–Kier alpha value is -1.56. The molecule has 118 valence electrons. The Kier molecular flexibility index (Phi) is 5.22. The second-order valence-electron chi connectivity index (χ2n) is 5.82. The molecule has 0 radical (unpaired) electrons. The monoisotopic (exact) mass is 293 g/mol. The van der Waals surface area contributed by atoms with Crippen molar-refractivity contribution in [2.75, 3.05) is 18.0 Å². The van der Waals surface area contributed by atoms with E-state index < -0.39 is 0 Å². The second kappa shape index (κ2) is 6.93. The molecule has 1 heterocycles. The van der Waals surface area contributed by atoms with E-state index in [4.69, 9.17) is 5.73 Å². The van der Waals surface area contributed by atoms with Crippen molar-refractivity contribution in [3.63, 3.8) is 0 Å². The lowest BCUT2D eigenvalue weighted by Gasteiger charge is -2.30. The largest absolute Gasteiger partial charge is 0.368 e. The first-order valence-corrected chi connectivity index (χ1v) is 7.82. The average molecular weight is 293 g/mol. The van der Waals surface area contributed by atoms with Crippen molar-refractivity contribution in [1.82, 2.24) is 15.1 Å². The van der Waals surface area contributed by atoms with Gasteiger partial charge in [-0.05, 0) is 26.3 Å². The Morgan fingerprint density at radius 2 is 2.14 bits per heavy atom. The Bertz CT molecular complexity index is 490. The fourth-order valence-corrected chi connectivity index (χ4v) is 3.27. The van der Waals surface area contributed by atoms with E-state index in [1.165, 1.54) is 18.4 Å². The molecule has 0 spiro atoms. The van der Waals surface area contributed by atoms with Crippen molar-refractivity contribution in [1.29, 1.82) is 0 Å². The summed E-state index contributed by atoms with van der Waals surface area (Å²) in [5.41, 5.74) is 7.67. The van der Waals surface area contributed by atoms with Gasteiger partial charge in [0.25, 0.3) is 0 Å². The van der Waals surface area contributed by atoms with Gasteiger partial charge in [0, 0.05) is 25.2 Å². The molecule has 0 aromatic carbocycles. The van der Waals surface area contributed by atoms with Gasteiger partial charge in [0.15, 0.2) is 0 Å². The predicted molar refractivity (Wildman–Crippen MR) is 84.1 cm³/mol. The highest BCUT2D eigenvalue weighted by Gasteiger charge is 2.28. The number of amides is 1. The van der Waals surface area contributed by atoms with Crippen LogP contribution in [0, 0.1) is 6.92 Å². The summed E-state index contributed by atoms with van der Waals surface area (Å²) in [6.07, 6.45) is 4.69. The topological polar surface area (TPSA) is 76.2 Å². The normalized spacial score (nSPS) is 15.6. The number of primary amides is 1. The van der Waals surface area contributed by atoms with Gasteiger partial charge in [0.05, 0.1) is 12.2 Å². The number of anilines is 1. The van der Waals surface area contributed by atoms with Crippen LogP contribution in [-0.2, 0) is 18.4 Å². The molecule has 0 aliphatic heterocycles. The van der Waals surface area contributed by atoms with Gasteiger partial charge in [-0.3, -0.25) is 9.48 Å². The molecule has 2 rings (SSSR count). The third kappa shape index (κ3) is 3.56. The summed E-state index contributed by atoms with van der Waals surface area (Å²) in [5.74, 6) is 0.759. The molecule has 1 aromatic heterocycles. The minimum Gasteiger partial charge on any atom is -0.368 e. The molecule has 1 aromatic rings. The van der Waals surface area contributed by atoms with Crippen LogP contribution in [0.1, 0.15) is 43.9 Å². The lowest BCUT2D eigenvalue weighted by molar-refractivity contribution is -0.116. The molecular weight excluding hydrogens is 266 g/mol. The van der Waals surface area contributed by atoms with E-state index in [0.29, 0.717) is 6.04 Å². The zero-order chi connectivity index (χ0) is 15.4. The quantitative estimate of drug-likeness (QED) is 0.788. The lowest BCUT2D eigenvalue weighted by atomic mass is 10.1. The summed E-state index contributed by atoms with van der Waals surface area (Å²) in [4.78, 5) is 13.7. The van der Waals surface area contributed by atoms with Crippen LogP contribution in [0.5, 0.6) is 0 Å². The number of hydrogen-bond donors (Lipinski definition) is 2. The van der Waals surface area contributed by atoms with Crippen LogP contribution in [0.15, 0.2) is 0 Å². The van der Waals surface area contributed by atoms with Gasteiger partial charge in [0.2, 0.25) is 5.91 Å². The maximum Gasteiger partial charge on any atom is 0.237 e. The van der Waals surface area contributed by atoms with Crippen LogP contribution in [0.3, 0.4) is 0 Å². The molecule has 6 heteroatoms. The summed E-state index contributed by atoms with van der Waals surface area (Å²) >= 11 is 0. The zero-order valence-corrected chi connectivity index (χ0v) is 13.4. The Morgan fingerprint density at radius 3 is 2.71 bits per heavy atom. The van der Waals surface area contributed by atoms with Gasteiger partial charge in [-0.1, -0.05) is 19.8 Å². The molecule has 0 unspecified atom stereocenters. The molecule has 1 saturated carbocycles. The highest BCUT2D eigenvalue weighted by atomic mass is 16.1. The first-order valence-electron chi connectivity index (χ1n) is 7.82. The van der Waals surface area contributed by atoms with Crippen LogP contribution >= 0.6 is 0 Å². The summed E-state index contributed by atoms with van der Waals surface area (Å²) < 4.78 is 1.89. The number of aromatic nitrogens is 2. The van der Waals surface area contributed by atoms with E-state index in [2.05, 4.69) is 22.2 Å². The molecule has 0 bridgehead atoms. The van der Waals surface area contributed by atoms with Crippen molar-refractivity contribution >= 4 is 11.7 Å². The molecule has 1 aliphatic carbocycles. The summed E-state index contributed by atoms with van der Waals surface area (Å²) in [6.45, 7) is 6.06. The number of nitrogens with two attached hydrogens (primary N) is 1. The van der Waals surface area contributed by atoms with E-state index in [1.807, 2.05) is 18.7 Å². The number of carbonyl (C=O) groups is 1. The molecule has 21 heavy (non-hydrogen) atoms. The SMILES string of the molecule is CCNCc1c(C)nn(C)c1N(CC(N)=O)C1CCCC1.